The monoisotopic (exact) mass is 348 g/mol. The van der Waals surface area contributed by atoms with E-state index in [9.17, 15) is 13.5 Å². The summed E-state index contributed by atoms with van der Waals surface area (Å²) in [6.45, 7) is 3.23. The van der Waals surface area contributed by atoms with Crippen LogP contribution in [0.1, 0.15) is 24.0 Å². The highest BCUT2D eigenvalue weighted by Gasteiger charge is 2.19. The molecule has 130 valence electrons. The van der Waals surface area contributed by atoms with E-state index >= 15 is 0 Å². The van der Waals surface area contributed by atoms with Crippen molar-refractivity contribution in [3.63, 3.8) is 0 Å². The number of sulfonamides is 1. The van der Waals surface area contributed by atoms with E-state index in [1.165, 1.54) is 17.2 Å². The smallest absolute Gasteiger partial charge is 0.240 e. The van der Waals surface area contributed by atoms with Gasteiger partial charge in [0.25, 0.3) is 0 Å². The molecule has 2 aliphatic rings. The molecule has 0 saturated heterocycles. The highest BCUT2D eigenvalue weighted by atomic mass is 32.2. The number of hydrogen-bond donors (Lipinski definition) is 2. The second-order valence-electron chi connectivity index (χ2n) is 6.32. The Balaban J connectivity index is 1.45. The van der Waals surface area contributed by atoms with Gasteiger partial charge in [0.05, 0.1) is 11.0 Å². The number of benzene rings is 1. The molecule has 1 atom stereocenters. The van der Waals surface area contributed by atoms with Gasteiger partial charge in [-0.3, -0.25) is 4.90 Å². The van der Waals surface area contributed by atoms with Crippen LogP contribution < -0.4 is 4.72 Å². The summed E-state index contributed by atoms with van der Waals surface area (Å²) in [6.07, 6.45) is 6.20. The van der Waals surface area contributed by atoms with Crippen LogP contribution in [0.15, 0.2) is 47.4 Å². The lowest BCUT2D eigenvalue weighted by Crippen LogP contribution is -2.34. The normalized spacial score (nSPS) is 21.4. The molecule has 0 saturated carbocycles. The first-order valence-electron chi connectivity index (χ1n) is 8.40. The maximum absolute atomic E-state index is 12.2. The third kappa shape index (κ3) is 4.33. The Kier molecular flexibility index (Phi) is 5.50. The van der Waals surface area contributed by atoms with Crippen LogP contribution in [0, 0.1) is 0 Å². The number of aliphatic hydroxyl groups excluding tert-OH is 1. The van der Waals surface area contributed by atoms with E-state index in [0.29, 0.717) is 13.0 Å². The maximum atomic E-state index is 12.2. The summed E-state index contributed by atoms with van der Waals surface area (Å²) in [7, 11) is -3.52. The first kappa shape index (κ1) is 17.4. The first-order chi connectivity index (χ1) is 11.5. The molecule has 1 aliphatic heterocycles. The minimum Gasteiger partial charge on any atom is -0.389 e. The fraction of sp³-hybridized carbons (Fsp3) is 0.444. The molecular weight excluding hydrogens is 324 g/mol. The maximum Gasteiger partial charge on any atom is 0.240 e. The lowest BCUT2D eigenvalue weighted by Gasteiger charge is -2.28. The topological polar surface area (TPSA) is 69.6 Å². The van der Waals surface area contributed by atoms with Crippen molar-refractivity contribution in [3.05, 3.63) is 58.5 Å². The highest BCUT2D eigenvalue weighted by molar-refractivity contribution is 7.93. The summed E-state index contributed by atoms with van der Waals surface area (Å²) in [5, 5.41) is 9.54. The van der Waals surface area contributed by atoms with Gasteiger partial charge in [0, 0.05) is 19.6 Å². The van der Waals surface area contributed by atoms with Crippen LogP contribution in [0.5, 0.6) is 0 Å². The van der Waals surface area contributed by atoms with Crippen LogP contribution in [-0.2, 0) is 23.0 Å². The molecule has 1 heterocycles. The first-order valence-corrected chi connectivity index (χ1v) is 9.88. The molecule has 0 spiro atoms. The average Bonchev–Trinajstić information content (AvgIpc) is 2.59. The second-order valence-corrected chi connectivity index (χ2v) is 8.09. The van der Waals surface area contributed by atoms with Crippen LogP contribution in [0.2, 0.25) is 0 Å². The Labute approximate surface area is 143 Å². The Bertz CT molecular complexity index is 740. The van der Waals surface area contributed by atoms with Gasteiger partial charge < -0.3 is 5.11 Å². The average molecular weight is 348 g/mol. The van der Waals surface area contributed by atoms with E-state index in [4.69, 9.17) is 0 Å². The van der Waals surface area contributed by atoms with Crippen LogP contribution in [0.3, 0.4) is 0 Å². The standard InChI is InChI=1S/C18H24N2O3S/c21-17-7-3-8-18(13-17)24(22,23)19-10-4-11-20-12-9-15-5-1-2-6-16(15)14-20/h1-3,5-6,8,13,17,19,21H,4,7,9-12,14H2. The molecule has 5 nitrogen and oxygen atoms in total. The van der Waals surface area contributed by atoms with Crippen molar-refractivity contribution in [2.75, 3.05) is 19.6 Å². The molecule has 2 N–H and O–H groups in total. The van der Waals surface area contributed by atoms with Gasteiger partial charge in [-0.15, -0.1) is 0 Å². The number of nitrogens with one attached hydrogen (secondary N) is 1. The molecule has 3 rings (SSSR count). The lowest BCUT2D eigenvalue weighted by molar-refractivity contribution is 0.225. The summed E-state index contributed by atoms with van der Waals surface area (Å²) < 4.78 is 27.0. The summed E-state index contributed by atoms with van der Waals surface area (Å²) in [5.41, 5.74) is 2.79. The molecule has 0 amide bonds. The number of hydrogen-bond acceptors (Lipinski definition) is 4. The van der Waals surface area contributed by atoms with Gasteiger partial charge >= 0.3 is 0 Å². The minimum absolute atomic E-state index is 0.160. The zero-order valence-corrected chi connectivity index (χ0v) is 14.5. The molecule has 1 aliphatic carbocycles. The van der Waals surface area contributed by atoms with E-state index in [-0.39, 0.29) is 4.91 Å². The molecule has 6 heteroatoms. The highest BCUT2D eigenvalue weighted by Crippen LogP contribution is 2.18. The predicted octanol–water partition coefficient (Wildman–Crippen LogP) is 1.56. The summed E-state index contributed by atoms with van der Waals surface area (Å²) in [4.78, 5) is 2.52. The van der Waals surface area contributed by atoms with Crippen molar-refractivity contribution in [2.45, 2.75) is 31.9 Å². The molecule has 1 unspecified atom stereocenters. The Morgan fingerprint density at radius 3 is 2.83 bits per heavy atom. The van der Waals surface area contributed by atoms with E-state index in [1.54, 1.807) is 12.2 Å². The quantitative estimate of drug-likeness (QED) is 0.766. The fourth-order valence-electron chi connectivity index (χ4n) is 3.15. The Hall–Kier alpha value is -1.47. The third-order valence-corrected chi connectivity index (χ3v) is 5.96. The van der Waals surface area contributed by atoms with E-state index in [0.717, 1.165) is 32.5 Å². The minimum atomic E-state index is -3.52. The van der Waals surface area contributed by atoms with Crippen molar-refractivity contribution < 1.29 is 13.5 Å². The molecule has 0 aromatic heterocycles. The summed E-state index contributed by atoms with van der Waals surface area (Å²) in [6, 6.07) is 8.49. The third-order valence-electron chi connectivity index (χ3n) is 4.48. The van der Waals surface area contributed by atoms with Gasteiger partial charge in [0.15, 0.2) is 0 Å². The van der Waals surface area contributed by atoms with Crippen molar-refractivity contribution in [1.29, 1.82) is 0 Å². The number of aliphatic hydroxyl groups is 1. The molecule has 1 aromatic carbocycles. The Morgan fingerprint density at radius 2 is 2.04 bits per heavy atom. The van der Waals surface area contributed by atoms with Crippen molar-refractivity contribution in [1.82, 2.24) is 9.62 Å². The molecule has 0 fully saturated rings. The predicted molar refractivity (Wildman–Crippen MR) is 94.8 cm³/mol. The van der Waals surface area contributed by atoms with Gasteiger partial charge in [0.1, 0.15) is 0 Å². The van der Waals surface area contributed by atoms with Crippen molar-refractivity contribution >= 4 is 10.0 Å². The van der Waals surface area contributed by atoms with Gasteiger partial charge in [-0.25, -0.2) is 13.1 Å². The van der Waals surface area contributed by atoms with Gasteiger partial charge in [-0.05, 0) is 49.1 Å². The zero-order valence-electron chi connectivity index (χ0n) is 13.7. The van der Waals surface area contributed by atoms with Crippen LogP contribution >= 0.6 is 0 Å². The molecular formula is C18H24N2O3S. The van der Waals surface area contributed by atoms with E-state index in [2.05, 4.69) is 33.9 Å². The summed E-state index contributed by atoms with van der Waals surface area (Å²) in [5.74, 6) is 0. The SMILES string of the molecule is O=S(=O)(NCCCN1CCc2ccccc2C1)C1=CC(O)CC=C1. The molecule has 24 heavy (non-hydrogen) atoms. The largest absolute Gasteiger partial charge is 0.389 e. The molecule has 1 aromatic rings. The van der Waals surface area contributed by atoms with Crippen LogP contribution in [-0.4, -0.2) is 44.2 Å². The number of nitrogens with zero attached hydrogens (tertiary/aromatic N) is 1. The van der Waals surface area contributed by atoms with E-state index in [1.807, 2.05) is 0 Å². The fourth-order valence-corrected chi connectivity index (χ4v) is 4.34. The van der Waals surface area contributed by atoms with Gasteiger partial charge in [-0.1, -0.05) is 30.3 Å². The van der Waals surface area contributed by atoms with Crippen molar-refractivity contribution in [3.8, 4) is 0 Å². The van der Waals surface area contributed by atoms with Gasteiger partial charge in [-0.2, -0.15) is 0 Å². The molecule has 0 radical (unpaired) electrons. The number of rotatable bonds is 6. The van der Waals surface area contributed by atoms with Crippen molar-refractivity contribution in [2.24, 2.45) is 0 Å². The number of fused-ring (bicyclic) bond motifs is 1. The lowest BCUT2D eigenvalue weighted by atomic mass is 10.00. The van der Waals surface area contributed by atoms with E-state index < -0.39 is 16.1 Å². The van der Waals surface area contributed by atoms with Crippen LogP contribution in [0.25, 0.3) is 0 Å². The molecule has 0 bridgehead atoms. The number of allylic oxidation sites excluding steroid dienone is 1. The second kappa shape index (κ2) is 7.61. The Morgan fingerprint density at radius 1 is 1.25 bits per heavy atom. The summed E-state index contributed by atoms with van der Waals surface area (Å²) >= 11 is 0. The van der Waals surface area contributed by atoms with Gasteiger partial charge in [0.2, 0.25) is 10.0 Å². The van der Waals surface area contributed by atoms with Crippen LogP contribution in [0.4, 0.5) is 0 Å². The zero-order chi connectivity index (χ0) is 17.0.